The van der Waals surface area contributed by atoms with Gasteiger partial charge in [-0.25, -0.2) is 9.79 Å². The lowest BCUT2D eigenvalue weighted by Gasteiger charge is -2.01. The molecule has 0 N–H and O–H groups in total. The van der Waals surface area contributed by atoms with Crippen molar-refractivity contribution in [3.8, 4) is 0 Å². The molecule has 0 bridgehead atoms. The highest BCUT2D eigenvalue weighted by Crippen LogP contribution is 2.24. The minimum absolute atomic E-state index is 0.0369. The molecule has 0 aromatic heterocycles. The van der Waals surface area contributed by atoms with Crippen molar-refractivity contribution in [2.45, 2.75) is 0 Å². The number of carbonyl (C=O) groups excluding carboxylic acids is 1. The number of aliphatic imine (C=N–C) groups is 1. The number of benzene rings is 3. The van der Waals surface area contributed by atoms with E-state index in [1.165, 1.54) is 24.3 Å². The van der Waals surface area contributed by atoms with Crippen molar-refractivity contribution in [1.82, 2.24) is 0 Å². The van der Waals surface area contributed by atoms with Crippen LogP contribution >= 0.6 is 0 Å². The van der Waals surface area contributed by atoms with Gasteiger partial charge in [0.15, 0.2) is 5.70 Å². The molecular weight excluding hydrogens is 332 g/mol. The Kier molecular flexibility index (Phi) is 3.78. The Morgan fingerprint density at radius 1 is 0.962 bits per heavy atom. The third kappa shape index (κ3) is 2.84. The van der Waals surface area contributed by atoms with Gasteiger partial charge in [0.1, 0.15) is 0 Å². The quantitative estimate of drug-likeness (QED) is 0.310. The standard InChI is InChI=1S/C20H12N2O4/c23-20-18(12-15-6-3-5-13-4-1-2-7-17(13)15)21-19(26-20)14-8-10-16(11-9-14)22(24)25/h1-12H/b18-12+. The van der Waals surface area contributed by atoms with Crippen LogP contribution in [-0.2, 0) is 9.53 Å². The third-order valence-corrected chi connectivity index (χ3v) is 4.06. The van der Waals surface area contributed by atoms with Gasteiger partial charge in [0.2, 0.25) is 5.90 Å². The first-order valence-corrected chi connectivity index (χ1v) is 7.87. The van der Waals surface area contributed by atoms with Gasteiger partial charge in [0.05, 0.1) is 4.92 Å². The molecule has 0 atom stereocenters. The van der Waals surface area contributed by atoms with E-state index in [2.05, 4.69) is 4.99 Å². The van der Waals surface area contributed by atoms with Gasteiger partial charge in [-0.2, -0.15) is 0 Å². The Balaban J connectivity index is 1.72. The molecular formula is C20H12N2O4. The molecule has 0 unspecified atom stereocenters. The van der Waals surface area contributed by atoms with E-state index < -0.39 is 10.9 Å². The molecule has 1 heterocycles. The van der Waals surface area contributed by atoms with E-state index in [1.807, 2.05) is 42.5 Å². The van der Waals surface area contributed by atoms with Crippen LogP contribution in [-0.4, -0.2) is 16.8 Å². The zero-order valence-corrected chi connectivity index (χ0v) is 13.5. The minimum atomic E-state index is -0.550. The summed E-state index contributed by atoms with van der Waals surface area (Å²) in [5.41, 5.74) is 1.52. The number of hydrogen-bond acceptors (Lipinski definition) is 5. The molecule has 3 aromatic rings. The van der Waals surface area contributed by atoms with Crippen LogP contribution in [0.2, 0.25) is 0 Å². The second-order valence-corrected chi connectivity index (χ2v) is 5.71. The van der Waals surface area contributed by atoms with Gasteiger partial charge < -0.3 is 4.74 Å². The van der Waals surface area contributed by atoms with E-state index in [0.29, 0.717) is 5.56 Å². The third-order valence-electron chi connectivity index (χ3n) is 4.06. The molecule has 126 valence electrons. The number of hydrogen-bond donors (Lipinski definition) is 0. The predicted molar refractivity (Wildman–Crippen MR) is 97.7 cm³/mol. The normalized spacial score (nSPS) is 15.2. The van der Waals surface area contributed by atoms with Gasteiger partial charge in [-0.05, 0) is 34.5 Å². The number of nitrogens with zero attached hydrogens (tertiary/aromatic N) is 2. The molecule has 6 nitrogen and oxygen atoms in total. The first-order chi connectivity index (χ1) is 12.6. The molecule has 1 aliphatic rings. The molecule has 0 amide bonds. The number of cyclic esters (lactones) is 1. The molecule has 26 heavy (non-hydrogen) atoms. The summed E-state index contributed by atoms with van der Waals surface area (Å²) in [6.45, 7) is 0. The summed E-state index contributed by atoms with van der Waals surface area (Å²) < 4.78 is 5.22. The second-order valence-electron chi connectivity index (χ2n) is 5.71. The first-order valence-electron chi connectivity index (χ1n) is 7.87. The highest BCUT2D eigenvalue weighted by molar-refractivity contribution is 6.13. The maximum absolute atomic E-state index is 12.2. The average Bonchev–Trinajstić information content (AvgIpc) is 3.03. The molecule has 0 radical (unpaired) electrons. The van der Waals surface area contributed by atoms with Crippen LogP contribution in [0.5, 0.6) is 0 Å². The zero-order chi connectivity index (χ0) is 18.1. The Morgan fingerprint density at radius 2 is 1.69 bits per heavy atom. The van der Waals surface area contributed by atoms with Crippen LogP contribution in [0.4, 0.5) is 5.69 Å². The summed E-state index contributed by atoms with van der Waals surface area (Å²) in [4.78, 5) is 26.7. The average molecular weight is 344 g/mol. The Bertz CT molecular complexity index is 1090. The summed E-state index contributed by atoms with van der Waals surface area (Å²) in [6, 6.07) is 19.4. The molecule has 3 aromatic carbocycles. The highest BCUT2D eigenvalue weighted by Gasteiger charge is 2.24. The van der Waals surface area contributed by atoms with E-state index in [9.17, 15) is 14.9 Å². The smallest absolute Gasteiger partial charge is 0.363 e. The van der Waals surface area contributed by atoms with Crippen LogP contribution in [0.25, 0.3) is 16.8 Å². The van der Waals surface area contributed by atoms with Gasteiger partial charge in [-0.15, -0.1) is 0 Å². The van der Waals surface area contributed by atoms with Gasteiger partial charge >= 0.3 is 5.97 Å². The van der Waals surface area contributed by atoms with Crippen LogP contribution < -0.4 is 0 Å². The topological polar surface area (TPSA) is 81.8 Å². The van der Waals surface area contributed by atoms with E-state index in [0.717, 1.165) is 16.3 Å². The van der Waals surface area contributed by atoms with Crippen molar-refractivity contribution in [1.29, 1.82) is 0 Å². The number of ether oxygens (including phenoxy) is 1. The number of nitro benzene ring substituents is 1. The number of esters is 1. The Labute approximate surface area is 148 Å². The monoisotopic (exact) mass is 344 g/mol. The molecule has 0 fully saturated rings. The van der Waals surface area contributed by atoms with Crippen molar-refractivity contribution in [2.75, 3.05) is 0 Å². The lowest BCUT2D eigenvalue weighted by molar-refractivity contribution is -0.384. The maximum atomic E-state index is 12.2. The predicted octanol–water partition coefficient (Wildman–Crippen LogP) is 4.09. The van der Waals surface area contributed by atoms with Gasteiger partial charge in [0.25, 0.3) is 5.69 Å². The number of non-ortho nitro benzene ring substituents is 1. The highest BCUT2D eigenvalue weighted by atomic mass is 16.6. The maximum Gasteiger partial charge on any atom is 0.363 e. The van der Waals surface area contributed by atoms with Crippen LogP contribution in [0.1, 0.15) is 11.1 Å². The van der Waals surface area contributed by atoms with Crippen molar-refractivity contribution >= 4 is 34.4 Å². The summed E-state index contributed by atoms with van der Waals surface area (Å²) >= 11 is 0. The molecule has 0 saturated heterocycles. The fourth-order valence-corrected chi connectivity index (χ4v) is 2.78. The summed E-state index contributed by atoms with van der Waals surface area (Å²) in [5, 5.41) is 12.8. The van der Waals surface area contributed by atoms with E-state index in [4.69, 9.17) is 4.74 Å². The fourth-order valence-electron chi connectivity index (χ4n) is 2.78. The number of nitro groups is 1. The van der Waals surface area contributed by atoms with E-state index in [1.54, 1.807) is 6.08 Å². The number of carbonyl (C=O) groups is 1. The summed E-state index contributed by atoms with van der Waals surface area (Å²) in [5.74, 6) is -0.414. The van der Waals surface area contributed by atoms with Crippen LogP contribution in [0.15, 0.2) is 77.4 Å². The van der Waals surface area contributed by atoms with Crippen molar-refractivity contribution < 1.29 is 14.5 Å². The van der Waals surface area contributed by atoms with Gasteiger partial charge in [-0.3, -0.25) is 10.1 Å². The summed E-state index contributed by atoms with van der Waals surface area (Å²) in [6.07, 6.45) is 1.68. The summed E-state index contributed by atoms with van der Waals surface area (Å²) in [7, 11) is 0. The largest absolute Gasteiger partial charge is 0.402 e. The number of fused-ring (bicyclic) bond motifs is 1. The molecule has 0 saturated carbocycles. The second kappa shape index (κ2) is 6.25. The van der Waals surface area contributed by atoms with Crippen LogP contribution in [0, 0.1) is 10.1 Å². The lowest BCUT2D eigenvalue weighted by Crippen LogP contribution is -2.05. The van der Waals surface area contributed by atoms with Crippen molar-refractivity contribution in [3.63, 3.8) is 0 Å². The molecule has 0 aliphatic carbocycles. The molecule has 1 aliphatic heterocycles. The molecule has 0 spiro atoms. The molecule has 4 rings (SSSR count). The van der Waals surface area contributed by atoms with E-state index >= 15 is 0 Å². The SMILES string of the molecule is O=C1OC(c2ccc([N+](=O)[O-])cc2)=N/C1=C/c1cccc2ccccc12. The fraction of sp³-hybridized carbons (Fsp3) is 0. The number of rotatable bonds is 3. The van der Waals surface area contributed by atoms with Crippen molar-refractivity contribution in [2.24, 2.45) is 4.99 Å². The lowest BCUT2D eigenvalue weighted by atomic mass is 10.0. The van der Waals surface area contributed by atoms with Crippen LogP contribution in [0.3, 0.4) is 0 Å². The molecule has 6 heteroatoms. The zero-order valence-electron chi connectivity index (χ0n) is 13.5. The first kappa shape index (κ1) is 15.7. The Hall–Kier alpha value is -3.80. The van der Waals surface area contributed by atoms with Gasteiger partial charge in [-0.1, -0.05) is 42.5 Å². The van der Waals surface area contributed by atoms with E-state index in [-0.39, 0.29) is 17.3 Å². The van der Waals surface area contributed by atoms with Crippen molar-refractivity contribution in [3.05, 3.63) is 93.7 Å². The van der Waals surface area contributed by atoms with Gasteiger partial charge in [0, 0.05) is 17.7 Å². The minimum Gasteiger partial charge on any atom is -0.402 e. The Morgan fingerprint density at radius 3 is 2.46 bits per heavy atom.